The molecule has 0 saturated carbocycles. The van der Waals surface area contributed by atoms with Gasteiger partial charge in [-0.15, -0.1) is 11.6 Å². The molecule has 140 valence electrons. The Hall–Kier alpha value is -3.06. The zero-order valence-electron chi connectivity index (χ0n) is 14.6. The summed E-state index contributed by atoms with van der Waals surface area (Å²) in [5, 5.41) is 19.8. The van der Waals surface area contributed by atoms with Crippen LogP contribution in [-0.2, 0) is 0 Å². The van der Waals surface area contributed by atoms with E-state index < -0.39 is 4.92 Å². The van der Waals surface area contributed by atoms with Crippen LogP contribution in [0.1, 0.15) is 17.7 Å². The maximum atomic E-state index is 11.7. The molecule has 0 bridgehead atoms. The van der Waals surface area contributed by atoms with E-state index in [0.717, 1.165) is 10.9 Å². The number of fused-ring (bicyclic) bond motifs is 1. The molecule has 2 aromatic carbocycles. The largest absolute Gasteiger partial charge is 0.489 e. The molecule has 0 saturated heterocycles. The molecular weight excluding hydrogens is 370 g/mol. The number of halogens is 1. The molecular formula is C19H18ClN3O4. The Balaban J connectivity index is 1.98. The monoisotopic (exact) mass is 387 g/mol. The number of nitrogens with zero attached hydrogens (tertiary/aromatic N) is 2. The minimum atomic E-state index is -0.477. The second-order valence-electron chi connectivity index (χ2n) is 5.67. The van der Waals surface area contributed by atoms with E-state index in [1.54, 1.807) is 24.3 Å². The average Bonchev–Trinajstić information content (AvgIpc) is 3.09. The Morgan fingerprint density at radius 2 is 2.07 bits per heavy atom. The van der Waals surface area contributed by atoms with Crippen molar-refractivity contribution in [1.29, 1.82) is 0 Å². The Morgan fingerprint density at radius 3 is 2.81 bits per heavy atom. The number of benzene rings is 2. The van der Waals surface area contributed by atoms with Crippen molar-refractivity contribution in [3.63, 3.8) is 0 Å². The van der Waals surface area contributed by atoms with Crippen LogP contribution >= 0.6 is 11.6 Å². The number of alkyl halides is 1. The molecule has 27 heavy (non-hydrogen) atoms. The van der Waals surface area contributed by atoms with Gasteiger partial charge in [-0.2, -0.15) is 5.10 Å². The first-order valence-electron chi connectivity index (χ1n) is 8.31. The van der Waals surface area contributed by atoms with Crippen LogP contribution in [0.15, 0.2) is 36.4 Å². The number of nitrogens with one attached hydrogen (secondary N) is 1. The highest BCUT2D eigenvalue weighted by Gasteiger charge is 2.24. The molecule has 8 heteroatoms. The maximum absolute atomic E-state index is 11.7. The number of methoxy groups -OCH3 is 1. The molecule has 0 aliphatic rings. The van der Waals surface area contributed by atoms with Gasteiger partial charge < -0.3 is 9.47 Å². The zero-order chi connectivity index (χ0) is 19.2. The molecule has 1 aromatic heterocycles. The van der Waals surface area contributed by atoms with Crippen LogP contribution in [0.2, 0.25) is 0 Å². The Kier molecular flexibility index (Phi) is 5.93. The highest BCUT2D eigenvalue weighted by atomic mass is 35.5. The number of aromatic nitrogens is 2. The van der Waals surface area contributed by atoms with Crippen LogP contribution in [0.3, 0.4) is 0 Å². The van der Waals surface area contributed by atoms with Gasteiger partial charge in [0.05, 0.1) is 35.4 Å². The lowest BCUT2D eigenvalue weighted by Gasteiger charge is -2.11. The van der Waals surface area contributed by atoms with Crippen LogP contribution in [0.5, 0.6) is 11.5 Å². The highest BCUT2D eigenvalue weighted by Crippen LogP contribution is 2.40. The normalized spacial score (nSPS) is 11.2. The third-order valence-electron chi connectivity index (χ3n) is 3.97. The fourth-order valence-electron chi connectivity index (χ4n) is 2.72. The summed E-state index contributed by atoms with van der Waals surface area (Å²) in [4.78, 5) is 11.2. The van der Waals surface area contributed by atoms with E-state index in [-0.39, 0.29) is 11.4 Å². The average molecular weight is 388 g/mol. The van der Waals surface area contributed by atoms with Gasteiger partial charge in [0, 0.05) is 11.3 Å². The summed E-state index contributed by atoms with van der Waals surface area (Å²) >= 11 is 5.64. The standard InChI is InChI=1S/C19H18ClN3O4/c1-26-19-17(27-12-4-11-20)10-8-13(18(19)23(24)25)7-9-16-14-5-2-3-6-15(14)21-22-16/h2-3,5-10H,4,11-12H2,1H3,(H,21,22). The van der Waals surface area contributed by atoms with Crippen molar-refractivity contribution in [2.24, 2.45) is 0 Å². The van der Waals surface area contributed by atoms with Gasteiger partial charge in [-0.1, -0.05) is 18.2 Å². The number of aromatic amines is 1. The lowest BCUT2D eigenvalue weighted by molar-refractivity contribution is -0.386. The maximum Gasteiger partial charge on any atom is 0.322 e. The molecule has 0 aliphatic carbocycles. The number of nitro groups is 1. The lowest BCUT2D eigenvalue weighted by atomic mass is 10.1. The van der Waals surface area contributed by atoms with Gasteiger partial charge in [0.2, 0.25) is 5.75 Å². The van der Waals surface area contributed by atoms with Gasteiger partial charge in [-0.05, 0) is 36.8 Å². The number of H-pyrrole nitrogens is 1. The van der Waals surface area contributed by atoms with Crippen LogP contribution in [0.25, 0.3) is 23.1 Å². The summed E-state index contributed by atoms with van der Waals surface area (Å²) in [5.41, 5.74) is 1.83. The summed E-state index contributed by atoms with van der Waals surface area (Å²) in [6, 6.07) is 10.9. The van der Waals surface area contributed by atoms with E-state index in [1.165, 1.54) is 7.11 Å². The van der Waals surface area contributed by atoms with Crippen molar-refractivity contribution in [3.8, 4) is 11.5 Å². The molecule has 3 aromatic rings. The van der Waals surface area contributed by atoms with Crippen LogP contribution in [0, 0.1) is 10.1 Å². The van der Waals surface area contributed by atoms with Gasteiger partial charge in [0.15, 0.2) is 5.75 Å². The van der Waals surface area contributed by atoms with E-state index in [1.807, 2.05) is 24.3 Å². The zero-order valence-corrected chi connectivity index (χ0v) is 15.4. The topological polar surface area (TPSA) is 90.3 Å². The number of nitro benzene ring substituents is 1. The summed E-state index contributed by atoms with van der Waals surface area (Å²) in [5.74, 6) is 0.850. The fourth-order valence-corrected chi connectivity index (χ4v) is 2.83. The summed E-state index contributed by atoms with van der Waals surface area (Å²) in [6.07, 6.45) is 4.01. The second kappa shape index (κ2) is 8.55. The number of hydrogen-bond acceptors (Lipinski definition) is 5. The molecule has 0 spiro atoms. The Bertz CT molecular complexity index is 984. The molecule has 0 radical (unpaired) electrons. The minimum absolute atomic E-state index is 0.0867. The minimum Gasteiger partial charge on any atom is -0.489 e. The van der Waals surface area contributed by atoms with Gasteiger partial charge in [-0.25, -0.2) is 0 Å². The summed E-state index contributed by atoms with van der Waals surface area (Å²) in [6.45, 7) is 0.353. The summed E-state index contributed by atoms with van der Waals surface area (Å²) in [7, 11) is 1.38. The van der Waals surface area contributed by atoms with Crippen LogP contribution in [-0.4, -0.2) is 34.7 Å². The molecule has 0 fully saturated rings. The Labute approximate surface area is 160 Å². The van der Waals surface area contributed by atoms with E-state index in [4.69, 9.17) is 21.1 Å². The molecule has 0 atom stereocenters. The van der Waals surface area contributed by atoms with Crippen LogP contribution < -0.4 is 9.47 Å². The first kappa shape index (κ1) is 18.7. The van der Waals surface area contributed by atoms with Crippen molar-refractivity contribution in [3.05, 3.63) is 57.8 Å². The number of para-hydroxylation sites is 1. The molecule has 1 heterocycles. The van der Waals surface area contributed by atoms with Crippen molar-refractivity contribution in [2.75, 3.05) is 19.6 Å². The molecule has 3 rings (SSSR count). The quantitative estimate of drug-likeness (QED) is 0.263. The van der Waals surface area contributed by atoms with Crippen molar-refractivity contribution in [1.82, 2.24) is 10.2 Å². The first-order chi connectivity index (χ1) is 13.2. The van der Waals surface area contributed by atoms with E-state index in [0.29, 0.717) is 35.9 Å². The first-order valence-corrected chi connectivity index (χ1v) is 8.84. The predicted octanol–water partition coefficient (Wildman–Crippen LogP) is 4.66. The third-order valence-corrected chi connectivity index (χ3v) is 4.24. The van der Waals surface area contributed by atoms with E-state index in [2.05, 4.69) is 10.2 Å². The summed E-state index contributed by atoms with van der Waals surface area (Å²) < 4.78 is 10.8. The molecule has 1 N–H and O–H groups in total. The van der Waals surface area contributed by atoms with Gasteiger partial charge in [0.25, 0.3) is 0 Å². The van der Waals surface area contributed by atoms with Gasteiger partial charge in [-0.3, -0.25) is 15.2 Å². The van der Waals surface area contributed by atoms with E-state index in [9.17, 15) is 10.1 Å². The SMILES string of the molecule is COc1c(OCCCCl)ccc(C=Cc2n[nH]c3ccccc23)c1[N+](=O)[O-]. The Morgan fingerprint density at radius 1 is 1.26 bits per heavy atom. The molecule has 0 aliphatic heterocycles. The number of hydrogen-bond donors (Lipinski definition) is 1. The molecule has 0 amide bonds. The number of rotatable bonds is 8. The molecule has 7 nitrogen and oxygen atoms in total. The smallest absolute Gasteiger partial charge is 0.322 e. The highest BCUT2D eigenvalue weighted by molar-refractivity contribution is 6.17. The van der Waals surface area contributed by atoms with Crippen molar-refractivity contribution >= 4 is 40.3 Å². The van der Waals surface area contributed by atoms with Gasteiger partial charge in [0.1, 0.15) is 0 Å². The predicted molar refractivity (Wildman–Crippen MR) is 106 cm³/mol. The second-order valence-corrected chi connectivity index (χ2v) is 6.05. The third kappa shape index (κ3) is 4.03. The lowest BCUT2D eigenvalue weighted by Crippen LogP contribution is -2.03. The van der Waals surface area contributed by atoms with Crippen LogP contribution in [0.4, 0.5) is 5.69 Å². The van der Waals surface area contributed by atoms with Crippen molar-refractivity contribution < 1.29 is 14.4 Å². The fraction of sp³-hybridized carbons (Fsp3) is 0.211. The van der Waals surface area contributed by atoms with Crippen molar-refractivity contribution in [2.45, 2.75) is 6.42 Å². The van der Waals surface area contributed by atoms with E-state index >= 15 is 0 Å². The van der Waals surface area contributed by atoms with Gasteiger partial charge >= 0.3 is 5.69 Å². The number of ether oxygens (including phenoxy) is 2. The molecule has 0 unspecified atom stereocenters.